The van der Waals surface area contributed by atoms with E-state index in [1.807, 2.05) is 13.8 Å². The van der Waals surface area contributed by atoms with Crippen molar-refractivity contribution in [3.8, 4) is 17.2 Å². The first-order valence-corrected chi connectivity index (χ1v) is 8.87. The topological polar surface area (TPSA) is 44.8 Å². The Morgan fingerprint density at radius 1 is 1.04 bits per heavy atom. The van der Waals surface area contributed by atoms with E-state index in [1.54, 1.807) is 38.1 Å². The van der Waals surface area contributed by atoms with Gasteiger partial charge in [-0.25, -0.2) is 4.39 Å². The minimum absolute atomic E-state index is 0.109. The number of carbonyl (C=O) groups is 1. The Morgan fingerprint density at radius 3 is 2.42 bits per heavy atom. The Morgan fingerprint density at radius 2 is 1.77 bits per heavy atom. The normalized spacial score (nSPS) is 10.5. The molecule has 0 aromatic heterocycles. The van der Waals surface area contributed by atoms with Gasteiger partial charge in [-0.3, -0.25) is 4.79 Å². The summed E-state index contributed by atoms with van der Waals surface area (Å²) in [4.78, 5) is 11.7. The second-order valence-corrected chi connectivity index (χ2v) is 5.84. The molecular weight excluding hydrogens is 335 g/mol. The number of esters is 1. The van der Waals surface area contributed by atoms with Gasteiger partial charge in [0.1, 0.15) is 29.7 Å². The number of hydrogen-bond acceptors (Lipinski definition) is 4. The van der Waals surface area contributed by atoms with Crippen LogP contribution in [0.5, 0.6) is 17.2 Å². The lowest BCUT2D eigenvalue weighted by molar-refractivity contribution is -0.134. The highest BCUT2D eigenvalue weighted by Gasteiger charge is 2.16. The molecule has 0 bridgehead atoms. The molecule has 2 aromatic rings. The van der Waals surface area contributed by atoms with E-state index in [1.165, 1.54) is 6.07 Å². The zero-order valence-corrected chi connectivity index (χ0v) is 15.7. The minimum atomic E-state index is -0.337. The third kappa shape index (κ3) is 4.75. The maximum absolute atomic E-state index is 13.9. The number of aryl methyl sites for hydroxylation is 2. The lowest BCUT2D eigenvalue weighted by Gasteiger charge is -2.17. The molecule has 0 aliphatic heterocycles. The van der Waals surface area contributed by atoms with Crippen LogP contribution < -0.4 is 14.2 Å². The van der Waals surface area contributed by atoms with Crippen molar-refractivity contribution < 1.29 is 23.4 Å². The average Bonchev–Trinajstić information content (AvgIpc) is 2.63. The lowest BCUT2D eigenvalue weighted by atomic mass is 10.1. The minimum Gasteiger partial charge on any atom is -0.493 e. The summed E-state index contributed by atoms with van der Waals surface area (Å²) in [7, 11) is 0. The monoisotopic (exact) mass is 360 g/mol. The van der Waals surface area contributed by atoms with Crippen LogP contribution in [0.25, 0.3) is 0 Å². The van der Waals surface area contributed by atoms with Crippen molar-refractivity contribution in [3.63, 3.8) is 0 Å². The molecule has 26 heavy (non-hydrogen) atoms. The zero-order chi connectivity index (χ0) is 19.1. The van der Waals surface area contributed by atoms with Crippen LogP contribution >= 0.6 is 0 Å². The number of hydrogen-bond donors (Lipinski definition) is 0. The van der Waals surface area contributed by atoms with Crippen molar-refractivity contribution in [2.75, 3.05) is 6.61 Å². The van der Waals surface area contributed by atoms with Crippen LogP contribution in [-0.2, 0) is 17.8 Å². The van der Waals surface area contributed by atoms with E-state index in [-0.39, 0.29) is 24.8 Å². The number of carbonyl (C=O) groups excluding carboxylic acids is 1. The zero-order valence-electron chi connectivity index (χ0n) is 15.7. The second kappa shape index (κ2) is 9.22. The molecule has 2 rings (SSSR count). The lowest BCUT2D eigenvalue weighted by Crippen LogP contribution is -2.10. The summed E-state index contributed by atoms with van der Waals surface area (Å²) in [5.41, 5.74) is 2.13. The summed E-state index contributed by atoms with van der Waals surface area (Å²) in [6, 6.07) is 8.44. The fourth-order valence-electron chi connectivity index (χ4n) is 2.55. The van der Waals surface area contributed by atoms with Crippen molar-refractivity contribution in [1.29, 1.82) is 0 Å². The molecule has 5 heteroatoms. The van der Waals surface area contributed by atoms with Crippen LogP contribution in [0.3, 0.4) is 0 Å². The standard InChI is InChI=1S/C21H25FO4/c1-5-15-11-14(4)17(22)12-20(15)25-13-16-18(24-7-3)9-8-10-19(16)26-21(23)6-2/h8-12H,5-7,13H2,1-4H3. The number of benzene rings is 2. The maximum atomic E-state index is 13.9. The van der Waals surface area contributed by atoms with Gasteiger partial charge in [-0.05, 0) is 49.6 Å². The summed E-state index contributed by atoms with van der Waals surface area (Å²) in [5, 5.41) is 0. The molecule has 0 fully saturated rings. The van der Waals surface area contributed by atoms with Gasteiger partial charge in [0.05, 0.1) is 12.2 Å². The highest BCUT2D eigenvalue weighted by molar-refractivity contribution is 5.72. The third-order valence-electron chi connectivity index (χ3n) is 4.00. The van der Waals surface area contributed by atoms with Crippen LogP contribution in [0.15, 0.2) is 30.3 Å². The molecule has 0 heterocycles. The quantitative estimate of drug-likeness (QED) is 0.491. The fraction of sp³-hybridized carbons (Fsp3) is 0.381. The molecule has 0 aliphatic carbocycles. The van der Waals surface area contributed by atoms with E-state index in [0.717, 1.165) is 12.0 Å². The van der Waals surface area contributed by atoms with Gasteiger partial charge >= 0.3 is 5.97 Å². The van der Waals surface area contributed by atoms with E-state index in [9.17, 15) is 9.18 Å². The van der Waals surface area contributed by atoms with Crippen molar-refractivity contribution in [2.24, 2.45) is 0 Å². The predicted molar refractivity (Wildman–Crippen MR) is 98.4 cm³/mol. The van der Waals surface area contributed by atoms with Gasteiger partial charge in [-0.15, -0.1) is 0 Å². The van der Waals surface area contributed by atoms with E-state index >= 15 is 0 Å². The first kappa shape index (κ1) is 19.8. The summed E-state index contributed by atoms with van der Waals surface area (Å²) in [6.45, 7) is 7.90. The Kier molecular flexibility index (Phi) is 7.01. The highest BCUT2D eigenvalue weighted by Crippen LogP contribution is 2.32. The molecule has 0 saturated heterocycles. The van der Waals surface area contributed by atoms with Crippen molar-refractivity contribution in [3.05, 3.63) is 52.8 Å². The first-order chi connectivity index (χ1) is 12.5. The van der Waals surface area contributed by atoms with E-state index in [2.05, 4.69) is 0 Å². The van der Waals surface area contributed by atoms with Crippen LogP contribution in [0.4, 0.5) is 4.39 Å². The van der Waals surface area contributed by atoms with E-state index < -0.39 is 0 Å². The first-order valence-electron chi connectivity index (χ1n) is 8.87. The van der Waals surface area contributed by atoms with Crippen LogP contribution in [0.1, 0.15) is 43.9 Å². The fourth-order valence-corrected chi connectivity index (χ4v) is 2.55. The predicted octanol–water partition coefficient (Wildman–Crippen LogP) is 4.99. The van der Waals surface area contributed by atoms with Crippen LogP contribution in [-0.4, -0.2) is 12.6 Å². The van der Waals surface area contributed by atoms with Crippen LogP contribution in [0, 0.1) is 12.7 Å². The third-order valence-corrected chi connectivity index (χ3v) is 4.00. The summed E-state index contributed by atoms with van der Waals surface area (Å²) in [6.07, 6.45) is 0.990. The average molecular weight is 360 g/mol. The summed E-state index contributed by atoms with van der Waals surface area (Å²) in [5.74, 6) is 0.811. The number of ether oxygens (including phenoxy) is 3. The molecule has 0 radical (unpaired) electrons. The molecule has 0 unspecified atom stereocenters. The van der Waals surface area contributed by atoms with Gasteiger partial charge in [-0.2, -0.15) is 0 Å². The van der Waals surface area contributed by atoms with Gasteiger partial charge in [0.15, 0.2) is 0 Å². The molecule has 4 nitrogen and oxygen atoms in total. The number of rotatable bonds is 8. The summed E-state index contributed by atoms with van der Waals surface area (Å²) < 4.78 is 30.9. The van der Waals surface area contributed by atoms with Gasteiger partial charge in [0, 0.05) is 12.5 Å². The Labute approximate surface area is 153 Å². The van der Waals surface area contributed by atoms with Crippen molar-refractivity contribution in [2.45, 2.75) is 47.1 Å². The van der Waals surface area contributed by atoms with Gasteiger partial charge in [0.2, 0.25) is 0 Å². The molecule has 0 saturated carbocycles. The Hall–Kier alpha value is -2.56. The van der Waals surface area contributed by atoms with Crippen molar-refractivity contribution in [1.82, 2.24) is 0 Å². The van der Waals surface area contributed by atoms with E-state index in [4.69, 9.17) is 14.2 Å². The highest BCUT2D eigenvalue weighted by atomic mass is 19.1. The summed E-state index contributed by atoms with van der Waals surface area (Å²) >= 11 is 0. The molecule has 2 aromatic carbocycles. The molecule has 0 amide bonds. The SMILES string of the molecule is CCOc1cccc(OC(=O)CC)c1COc1cc(F)c(C)cc1CC. The van der Waals surface area contributed by atoms with Gasteiger partial charge in [0.25, 0.3) is 0 Å². The largest absolute Gasteiger partial charge is 0.493 e. The van der Waals surface area contributed by atoms with Gasteiger partial charge < -0.3 is 14.2 Å². The second-order valence-electron chi connectivity index (χ2n) is 5.84. The molecule has 0 atom stereocenters. The maximum Gasteiger partial charge on any atom is 0.310 e. The smallest absolute Gasteiger partial charge is 0.310 e. The Balaban J connectivity index is 2.33. The molecule has 0 spiro atoms. The number of halogens is 1. The Bertz CT molecular complexity index is 771. The van der Waals surface area contributed by atoms with Gasteiger partial charge in [-0.1, -0.05) is 19.9 Å². The van der Waals surface area contributed by atoms with Crippen molar-refractivity contribution >= 4 is 5.97 Å². The molecule has 0 aliphatic rings. The molecule has 140 valence electrons. The molecule has 0 N–H and O–H groups in total. The van der Waals surface area contributed by atoms with E-state index in [0.29, 0.717) is 35.0 Å². The van der Waals surface area contributed by atoms with Crippen LogP contribution in [0.2, 0.25) is 0 Å². The molecular formula is C21H25FO4.